The molecule has 0 bridgehead atoms. The molecule has 0 unspecified atom stereocenters. The lowest BCUT2D eigenvalue weighted by Crippen LogP contribution is -2.55. The zero-order valence-electron chi connectivity index (χ0n) is 10.7. The lowest BCUT2D eigenvalue weighted by molar-refractivity contribution is 0.403. The van der Waals surface area contributed by atoms with Crippen molar-refractivity contribution in [1.29, 1.82) is 0 Å². The highest BCUT2D eigenvalue weighted by Crippen LogP contribution is 2.55. The molecule has 4 rings (SSSR count). The van der Waals surface area contributed by atoms with Gasteiger partial charge in [-0.1, -0.05) is 23.8 Å². The van der Waals surface area contributed by atoms with Gasteiger partial charge in [0.15, 0.2) is 0 Å². The second kappa shape index (κ2) is 3.78. The summed E-state index contributed by atoms with van der Waals surface area (Å²) in [5.74, 6) is 0.351. The second-order valence-electron chi connectivity index (χ2n) is 5.43. The van der Waals surface area contributed by atoms with Crippen LogP contribution in [0.2, 0.25) is 0 Å². The Kier molecular flexibility index (Phi) is 2.26. The summed E-state index contributed by atoms with van der Waals surface area (Å²) in [7, 11) is 0. The van der Waals surface area contributed by atoms with E-state index in [1.165, 1.54) is 27.1 Å². The summed E-state index contributed by atoms with van der Waals surface area (Å²) in [5, 5.41) is 13.1. The molecule has 0 aliphatic carbocycles. The largest absolute Gasteiger partial charge is 0.508 e. The Hall–Kier alpha value is -1.45. The minimum absolute atomic E-state index is 0.155. The fourth-order valence-electron chi connectivity index (χ4n) is 2.97. The number of aromatic hydroxyl groups is 1. The Bertz CT molecular complexity index is 676. The van der Waals surface area contributed by atoms with Crippen LogP contribution in [0, 0.1) is 6.92 Å². The number of hydrogen-bond acceptors (Lipinski definition) is 3. The Labute approximate surface area is 116 Å². The molecule has 0 aromatic heterocycles. The van der Waals surface area contributed by atoms with Crippen molar-refractivity contribution in [2.75, 3.05) is 13.1 Å². The number of hydrogen-bond donors (Lipinski definition) is 2. The number of benzene rings is 2. The van der Waals surface area contributed by atoms with Crippen LogP contribution in [0.1, 0.15) is 11.1 Å². The van der Waals surface area contributed by atoms with Gasteiger partial charge < -0.3 is 10.4 Å². The van der Waals surface area contributed by atoms with Gasteiger partial charge in [-0.2, -0.15) is 0 Å². The highest BCUT2D eigenvalue weighted by atomic mass is 32.2. The molecule has 0 atom stereocenters. The van der Waals surface area contributed by atoms with Crippen LogP contribution in [-0.4, -0.2) is 18.2 Å². The van der Waals surface area contributed by atoms with Gasteiger partial charge >= 0.3 is 0 Å². The molecule has 0 radical (unpaired) electrons. The highest BCUT2D eigenvalue weighted by Gasteiger charge is 2.44. The molecule has 1 fully saturated rings. The first-order valence-electron chi connectivity index (χ1n) is 6.52. The molecule has 3 heteroatoms. The van der Waals surface area contributed by atoms with Crippen LogP contribution in [0.4, 0.5) is 0 Å². The van der Waals surface area contributed by atoms with Crippen LogP contribution >= 0.6 is 11.8 Å². The minimum Gasteiger partial charge on any atom is -0.508 e. The smallest absolute Gasteiger partial charge is 0.116 e. The Morgan fingerprint density at radius 1 is 1.11 bits per heavy atom. The summed E-state index contributed by atoms with van der Waals surface area (Å²) in [6.07, 6.45) is 0. The second-order valence-corrected chi connectivity index (χ2v) is 6.85. The van der Waals surface area contributed by atoms with E-state index < -0.39 is 0 Å². The van der Waals surface area contributed by atoms with E-state index in [0.29, 0.717) is 5.75 Å². The van der Waals surface area contributed by atoms with E-state index >= 15 is 0 Å². The summed E-state index contributed by atoms with van der Waals surface area (Å²) in [6.45, 7) is 4.16. The molecule has 2 N–H and O–H groups in total. The molecule has 2 heterocycles. The Balaban J connectivity index is 2.00. The van der Waals surface area contributed by atoms with Crippen LogP contribution in [0.3, 0.4) is 0 Å². The van der Waals surface area contributed by atoms with Crippen molar-refractivity contribution in [1.82, 2.24) is 5.32 Å². The van der Waals surface area contributed by atoms with E-state index in [-0.39, 0.29) is 4.75 Å². The molecule has 2 aliphatic heterocycles. The van der Waals surface area contributed by atoms with Crippen molar-refractivity contribution in [3.8, 4) is 16.9 Å². The average Bonchev–Trinajstić information content (AvgIpc) is 2.35. The van der Waals surface area contributed by atoms with Crippen molar-refractivity contribution in [2.45, 2.75) is 16.6 Å². The summed E-state index contributed by atoms with van der Waals surface area (Å²) in [6, 6.07) is 12.4. The summed E-state index contributed by atoms with van der Waals surface area (Å²) in [5.41, 5.74) is 5.32. The van der Waals surface area contributed by atoms with Crippen molar-refractivity contribution < 1.29 is 5.11 Å². The van der Waals surface area contributed by atoms with Gasteiger partial charge in [0.25, 0.3) is 0 Å². The van der Waals surface area contributed by atoms with Crippen molar-refractivity contribution >= 4 is 11.8 Å². The SMILES string of the molecule is Cc1ccc2c(c1)C1(CNC1)Sc1cc(O)ccc1-2. The maximum Gasteiger partial charge on any atom is 0.116 e. The molecule has 0 saturated carbocycles. The number of phenolic OH excluding ortho intramolecular Hbond substituents is 1. The number of nitrogens with one attached hydrogen (secondary N) is 1. The molecule has 2 aromatic carbocycles. The standard InChI is InChI=1S/C16H15NOS/c1-10-2-4-12-13-5-3-11(18)7-15(13)19-16(8-17-9-16)14(12)6-10/h2-7,17-18H,8-9H2,1H3. The molecular weight excluding hydrogens is 254 g/mol. The molecule has 1 saturated heterocycles. The molecule has 1 spiro atoms. The lowest BCUT2D eigenvalue weighted by Gasteiger charge is -2.46. The van der Waals surface area contributed by atoms with Gasteiger partial charge in [0.1, 0.15) is 5.75 Å². The molecule has 96 valence electrons. The normalized spacial score (nSPS) is 18.6. The van der Waals surface area contributed by atoms with E-state index in [2.05, 4.69) is 30.4 Å². The van der Waals surface area contributed by atoms with Crippen LogP contribution in [-0.2, 0) is 4.75 Å². The van der Waals surface area contributed by atoms with Crippen molar-refractivity contribution in [3.05, 3.63) is 47.5 Å². The van der Waals surface area contributed by atoms with E-state index in [1.807, 2.05) is 23.9 Å². The first-order chi connectivity index (χ1) is 9.18. The van der Waals surface area contributed by atoms with E-state index in [4.69, 9.17) is 0 Å². The van der Waals surface area contributed by atoms with Crippen LogP contribution < -0.4 is 5.32 Å². The van der Waals surface area contributed by atoms with E-state index in [1.54, 1.807) is 6.07 Å². The molecular formula is C16H15NOS. The minimum atomic E-state index is 0.155. The third-order valence-corrected chi connectivity index (χ3v) is 5.50. The van der Waals surface area contributed by atoms with Gasteiger partial charge in [-0.15, -0.1) is 11.8 Å². The third kappa shape index (κ3) is 1.55. The summed E-state index contributed by atoms with van der Waals surface area (Å²) < 4.78 is 0.155. The van der Waals surface area contributed by atoms with Crippen LogP contribution in [0.15, 0.2) is 41.3 Å². The van der Waals surface area contributed by atoms with Gasteiger partial charge in [0.05, 0.1) is 4.75 Å². The first kappa shape index (κ1) is 11.4. The maximum atomic E-state index is 9.71. The number of phenols is 1. The molecule has 19 heavy (non-hydrogen) atoms. The van der Waals surface area contributed by atoms with Gasteiger partial charge in [-0.25, -0.2) is 0 Å². The third-order valence-electron chi connectivity index (χ3n) is 4.05. The zero-order chi connectivity index (χ0) is 13.0. The van der Waals surface area contributed by atoms with Gasteiger partial charge in [-0.3, -0.25) is 0 Å². The van der Waals surface area contributed by atoms with Crippen LogP contribution in [0.25, 0.3) is 11.1 Å². The molecule has 0 amide bonds. The zero-order valence-corrected chi connectivity index (χ0v) is 11.6. The molecule has 2 aromatic rings. The Morgan fingerprint density at radius 3 is 2.63 bits per heavy atom. The van der Waals surface area contributed by atoms with Gasteiger partial charge in [0, 0.05) is 18.0 Å². The predicted molar refractivity (Wildman–Crippen MR) is 78.7 cm³/mol. The number of thioether (sulfide) groups is 1. The molecule has 2 aliphatic rings. The highest BCUT2D eigenvalue weighted by molar-refractivity contribution is 8.00. The summed E-state index contributed by atoms with van der Waals surface area (Å²) in [4.78, 5) is 1.19. The van der Waals surface area contributed by atoms with Gasteiger partial charge in [0.2, 0.25) is 0 Å². The maximum absolute atomic E-state index is 9.71. The quantitative estimate of drug-likeness (QED) is 0.770. The van der Waals surface area contributed by atoms with Gasteiger partial charge in [-0.05, 0) is 41.8 Å². The predicted octanol–water partition coefficient (Wildman–Crippen LogP) is 3.27. The van der Waals surface area contributed by atoms with Crippen molar-refractivity contribution in [3.63, 3.8) is 0 Å². The first-order valence-corrected chi connectivity index (χ1v) is 7.34. The van der Waals surface area contributed by atoms with Crippen molar-refractivity contribution in [2.24, 2.45) is 0 Å². The Morgan fingerprint density at radius 2 is 1.89 bits per heavy atom. The number of rotatable bonds is 0. The summed E-state index contributed by atoms with van der Waals surface area (Å²) >= 11 is 1.89. The number of fused-ring (bicyclic) bond motifs is 4. The molecule has 2 nitrogen and oxygen atoms in total. The lowest BCUT2D eigenvalue weighted by atomic mass is 9.84. The van der Waals surface area contributed by atoms with Crippen LogP contribution in [0.5, 0.6) is 5.75 Å². The van der Waals surface area contributed by atoms with E-state index in [9.17, 15) is 5.11 Å². The van der Waals surface area contributed by atoms with E-state index in [0.717, 1.165) is 13.1 Å². The number of aryl methyl sites for hydroxylation is 1. The monoisotopic (exact) mass is 269 g/mol. The average molecular weight is 269 g/mol. The fraction of sp³-hybridized carbons (Fsp3) is 0.250. The fourth-order valence-corrected chi connectivity index (χ4v) is 4.48. The topological polar surface area (TPSA) is 32.3 Å².